The van der Waals surface area contributed by atoms with Gasteiger partial charge in [-0.1, -0.05) is 31.8 Å². The first-order chi connectivity index (χ1) is 18.4. The highest BCUT2D eigenvalue weighted by Crippen LogP contribution is 2.42. The van der Waals surface area contributed by atoms with Gasteiger partial charge in [-0.15, -0.1) is 0 Å². The third-order valence-corrected chi connectivity index (χ3v) is 2.85. The number of aliphatic carboxylic acids is 1. The third-order valence-electron chi connectivity index (χ3n) is 2.85. The Bertz CT molecular complexity index is 1470. The molecule has 0 bridgehead atoms. The Kier molecular flexibility index (Phi) is 0.881. The Morgan fingerprint density at radius 3 is 3.52 bits per heavy atom. The summed E-state index contributed by atoms with van der Waals surface area (Å²) in [6, 6.07) is -3.84. The molecule has 3 rings (SSSR count). The predicted octanol–water partition coefficient (Wildman–Crippen LogP) is 3.38. The highest BCUT2D eigenvalue weighted by molar-refractivity contribution is 5.88. The molecule has 1 atom stereocenters. The summed E-state index contributed by atoms with van der Waals surface area (Å²) >= 11 is 0. The molecular weight excluding hydrogens is 266 g/mol. The minimum atomic E-state index is -4.34. The average molecular weight is 308 g/mol. The molecule has 0 saturated carbocycles. The van der Waals surface area contributed by atoms with E-state index in [0.717, 1.165) is 0 Å². The second-order valence-electron chi connectivity index (χ2n) is 3.98. The van der Waals surface area contributed by atoms with Crippen LogP contribution in [0.15, 0.2) is 18.1 Å². The number of hydrogen-bond acceptors (Lipinski definition) is 3. The van der Waals surface area contributed by atoms with Crippen LogP contribution in [0, 0.1) is 0 Å². The molecule has 4 nitrogen and oxygen atoms in total. The van der Waals surface area contributed by atoms with E-state index in [-0.39, 0.29) is 4.98 Å². The van der Waals surface area contributed by atoms with E-state index in [2.05, 4.69) is 5.11 Å². The molecule has 1 aromatic carbocycles. The predicted molar refractivity (Wildman–Crippen MR) is 81.6 cm³/mol. The van der Waals surface area contributed by atoms with Crippen molar-refractivity contribution in [1.29, 1.82) is 1.43 Å². The van der Waals surface area contributed by atoms with Gasteiger partial charge in [-0.2, -0.15) is 0 Å². The van der Waals surface area contributed by atoms with Crippen LogP contribution >= 0.6 is 0 Å². The van der Waals surface area contributed by atoms with Crippen molar-refractivity contribution in [3.05, 3.63) is 34.9 Å². The maximum atomic E-state index is 12.6. The van der Waals surface area contributed by atoms with Crippen LogP contribution in [0.4, 0.5) is 0 Å². The first-order valence-electron chi connectivity index (χ1n) is 15.9. The first kappa shape index (κ1) is 3.57. The number of benzene rings is 1. The van der Waals surface area contributed by atoms with E-state index >= 15 is 0 Å². The van der Waals surface area contributed by atoms with E-state index in [1.54, 1.807) is 0 Å². The van der Waals surface area contributed by atoms with Crippen LogP contribution in [0.5, 0.6) is 0 Å². The summed E-state index contributed by atoms with van der Waals surface area (Å²) in [5.41, 5.74) is -10.1. The Balaban J connectivity index is 2.93. The molecule has 0 saturated heterocycles. The Morgan fingerprint density at radius 2 is 2.71 bits per heavy atom. The van der Waals surface area contributed by atoms with Gasteiger partial charge >= 0.3 is 5.97 Å². The SMILES string of the molecule is [2H]OC(=O)C([2H])([2H])[C@@]1(C([2H])([2H])C([2H])([2H])[2H])OC([2H])([2H])C([2H])([2H])c2c1n([2H])c1c(C([2H])([2H])C([2H])([2H])[2H])c([2H])c([2H])c([2H])c21. The van der Waals surface area contributed by atoms with Crippen molar-refractivity contribution in [3.8, 4) is 0 Å². The molecule has 1 aliphatic rings. The van der Waals surface area contributed by atoms with E-state index in [1.807, 2.05) is 0 Å². The normalized spacial score (nSPS) is 43.9. The monoisotopic (exact) mass is 308 g/mol. The molecule has 112 valence electrons. The molecule has 1 aromatic heterocycles. The summed E-state index contributed by atoms with van der Waals surface area (Å²) < 4.78 is 176. The van der Waals surface area contributed by atoms with E-state index in [1.165, 1.54) is 0 Å². The summed E-state index contributed by atoms with van der Waals surface area (Å²) in [6.45, 7) is -11.8. The molecule has 0 radical (unpaired) electrons. The quantitative estimate of drug-likeness (QED) is 0.910. The van der Waals surface area contributed by atoms with E-state index in [4.69, 9.17) is 33.6 Å². The van der Waals surface area contributed by atoms with E-state index in [9.17, 15) is 4.79 Å². The highest BCUT2D eigenvalue weighted by Gasteiger charge is 2.40. The van der Waals surface area contributed by atoms with Crippen molar-refractivity contribution in [2.45, 2.75) is 44.8 Å². The van der Waals surface area contributed by atoms with Gasteiger partial charge in [-0.05, 0) is 30.2 Å². The number of aromatic amines is 1. The Labute approximate surface area is 153 Å². The fourth-order valence-corrected chi connectivity index (χ4v) is 1.99. The topological polar surface area (TPSA) is 62.3 Å². The standard InChI is InChI=1S/C17H21NO3/c1-3-11-6-5-7-12-13-8-9-21-17(4-2,10-14(19)20)16(13)18-15(11)12/h5-7,18H,3-4,8-10H2,1-2H3,(H,19,20)/t17-/m1/s1/i1D3,2D3,3D2,4D2,5D,6D,7D,8D2,9D2,10D2/hD2. The van der Waals surface area contributed by atoms with Gasteiger partial charge in [0, 0.05) is 30.1 Å². The molecule has 0 spiro atoms. The second kappa shape index (κ2) is 5.19. The average Bonchev–Trinajstić information content (AvgIpc) is 3.11. The third kappa shape index (κ3) is 2.14. The number of para-hydroxylation sites is 1. The molecule has 2 N–H and O–H groups in total. The Hall–Kier alpha value is -1.81. The lowest BCUT2D eigenvalue weighted by Gasteiger charge is -2.35. The molecule has 4 heteroatoms. The highest BCUT2D eigenvalue weighted by atomic mass is 16.5. The van der Waals surface area contributed by atoms with Gasteiger partial charge in [-0.25, -0.2) is 0 Å². The smallest absolute Gasteiger partial charge is 0.306 e. The van der Waals surface area contributed by atoms with Crippen molar-refractivity contribution >= 4 is 16.9 Å². The van der Waals surface area contributed by atoms with Crippen LogP contribution < -0.4 is 0 Å². The summed E-state index contributed by atoms with van der Waals surface area (Å²) in [5, 5.41) is 2.44. The molecule has 2 heterocycles. The lowest BCUT2D eigenvalue weighted by atomic mass is 9.86. The number of aromatic nitrogens is 1. The lowest BCUT2D eigenvalue weighted by molar-refractivity contribution is -0.148. The largest absolute Gasteiger partial charge is 0.481 e. The number of rotatable bonds is 4. The van der Waals surface area contributed by atoms with Crippen LogP contribution in [-0.2, 0) is 27.9 Å². The van der Waals surface area contributed by atoms with Gasteiger partial charge in [0.2, 0.25) is 0 Å². The number of H-pyrrole nitrogens is 1. The van der Waals surface area contributed by atoms with Gasteiger partial charge in [0.1, 0.15) is 5.60 Å². The van der Waals surface area contributed by atoms with Gasteiger partial charge in [0.25, 0.3) is 1.43 Å². The van der Waals surface area contributed by atoms with E-state index < -0.39 is 103 Å². The maximum Gasteiger partial charge on any atom is 0.306 e. The molecule has 1 aliphatic heterocycles. The minimum Gasteiger partial charge on any atom is -0.481 e. The van der Waals surface area contributed by atoms with Crippen LogP contribution in [0.2, 0.25) is 1.41 Å². The van der Waals surface area contributed by atoms with Crippen molar-refractivity contribution in [3.63, 3.8) is 0 Å². The van der Waals surface area contributed by atoms with Crippen LogP contribution in [0.3, 0.4) is 0 Å². The van der Waals surface area contributed by atoms with Crippen molar-refractivity contribution < 1.29 is 42.1 Å². The lowest BCUT2D eigenvalue weighted by Crippen LogP contribution is -2.37. The zero-order chi connectivity index (χ0) is 33.2. The molecule has 0 unspecified atom stereocenters. The number of fused-ring (bicyclic) bond motifs is 3. The molecule has 2 aromatic rings. The van der Waals surface area contributed by atoms with Crippen LogP contribution in [0.25, 0.3) is 12.3 Å². The van der Waals surface area contributed by atoms with Crippen molar-refractivity contribution in [2.24, 2.45) is 0 Å². The van der Waals surface area contributed by atoms with Gasteiger partial charge < -0.3 is 14.8 Å². The van der Waals surface area contributed by atoms with Crippen molar-refractivity contribution in [2.75, 3.05) is 6.56 Å². The van der Waals surface area contributed by atoms with Gasteiger partial charge in [0.15, 0.2) is 1.41 Å². The fraction of sp³-hybridized carbons (Fsp3) is 0.471. The fourth-order valence-electron chi connectivity index (χ4n) is 1.99. The first-order valence-corrected chi connectivity index (χ1v) is 5.51. The van der Waals surface area contributed by atoms with E-state index in [0.29, 0.717) is 0 Å². The number of hydrogen-bond donors (Lipinski definition) is 2. The molecule has 21 heavy (non-hydrogen) atoms. The zero-order valence-electron chi connectivity index (χ0n) is 31.2. The number of carboxylic acids is 1. The number of nitrogens with one attached hydrogen (secondary N) is 1. The summed E-state index contributed by atoms with van der Waals surface area (Å²) in [5.74, 6) is -2.41. The van der Waals surface area contributed by atoms with Gasteiger partial charge in [-0.3, -0.25) is 4.79 Å². The number of carbonyl (C=O) groups is 1. The second-order valence-corrected chi connectivity index (χ2v) is 3.98. The maximum absolute atomic E-state index is 12.6. The van der Waals surface area contributed by atoms with Crippen LogP contribution in [0.1, 0.15) is 69.3 Å². The molecule has 0 aliphatic carbocycles. The molecular formula is C17H21NO3. The molecule has 0 amide bonds. The summed E-state index contributed by atoms with van der Waals surface area (Å²) in [6.07, 6.45) is -16.1. The number of aryl methyl sites for hydroxylation is 2. The molecule has 0 fully saturated rings. The summed E-state index contributed by atoms with van der Waals surface area (Å²) in [7, 11) is 0. The number of ether oxygens (including phenoxy) is 1. The number of carboxylic acid groups (broad SMARTS) is 1. The van der Waals surface area contributed by atoms with Crippen molar-refractivity contribution in [1.82, 2.24) is 4.98 Å². The van der Waals surface area contributed by atoms with Gasteiger partial charge in [0.05, 0.1) is 25.5 Å². The Morgan fingerprint density at radius 1 is 1.76 bits per heavy atom. The minimum absolute atomic E-state index is 0.329. The summed E-state index contributed by atoms with van der Waals surface area (Å²) in [4.78, 5) is 12.3. The zero-order valence-corrected chi connectivity index (χ0v) is 10.2. The van der Waals surface area contributed by atoms with Crippen LogP contribution in [-0.4, -0.2) is 22.6 Å².